The fourth-order valence-corrected chi connectivity index (χ4v) is 4.17. The van der Waals surface area contributed by atoms with Crippen LogP contribution in [0.1, 0.15) is 13.8 Å². The molecule has 0 unspecified atom stereocenters. The zero-order chi connectivity index (χ0) is 19.5. The fourth-order valence-electron chi connectivity index (χ4n) is 2.10. The van der Waals surface area contributed by atoms with Crippen LogP contribution in [0.2, 0.25) is 10.0 Å². The maximum absolute atomic E-state index is 13.1. The Hall–Kier alpha value is -1.28. The molecule has 0 atom stereocenters. The molecular formula is C17H16BrCl2NO4S. The fraction of sp³-hybridized carbons (Fsp3) is 0.235. The summed E-state index contributed by atoms with van der Waals surface area (Å²) in [5, 5.41) is 0.341. The van der Waals surface area contributed by atoms with E-state index in [9.17, 15) is 13.2 Å². The van der Waals surface area contributed by atoms with Crippen molar-refractivity contribution in [2.45, 2.75) is 24.8 Å². The van der Waals surface area contributed by atoms with Crippen molar-refractivity contribution in [3.63, 3.8) is 0 Å². The second-order valence-electron chi connectivity index (χ2n) is 5.60. The van der Waals surface area contributed by atoms with Gasteiger partial charge in [-0.2, -0.15) is 0 Å². The number of carbonyl (C=O) groups excluding carboxylic acids is 1. The van der Waals surface area contributed by atoms with Crippen molar-refractivity contribution in [3.05, 3.63) is 57.0 Å². The standard InChI is InChI=1S/C17H16BrCl2NO4S/c1-11(2)25-17(22)10-21(13-5-3-12(18)4-6-13)26(23,24)14-7-8-15(19)16(20)9-14/h3-9,11H,10H2,1-2H3. The highest BCUT2D eigenvalue weighted by Crippen LogP contribution is 2.29. The normalized spacial score (nSPS) is 11.5. The van der Waals surface area contributed by atoms with Gasteiger partial charge in [0.05, 0.1) is 26.7 Å². The molecular weight excluding hydrogens is 465 g/mol. The Bertz CT molecular complexity index is 901. The highest BCUT2D eigenvalue weighted by molar-refractivity contribution is 9.10. The first-order chi connectivity index (χ1) is 12.1. The first-order valence-corrected chi connectivity index (χ1v) is 10.5. The molecule has 9 heteroatoms. The molecule has 26 heavy (non-hydrogen) atoms. The van der Waals surface area contributed by atoms with Gasteiger partial charge in [0.1, 0.15) is 6.54 Å². The predicted octanol–water partition coefficient (Wildman–Crippen LogP) is 4.90. The summed E-state index contributed by atoms with van der Waals surface area (Å²) in [5.41, 5.74) is 0.319. The molecule has 0 saturated heterocycles. The van der Waals surface area contributed by atoms with Crippen LogP contribution >= 0.6 is 39.1 Å². The topological polar surface area (TPSA) is 63.7 Å². The van der Waals surface area contributed by atoms with Gasteiger partial charge in [0.15, 0.2) is 0 Å². The van der Waals surface area contributed by atoms with E-state index in [4.69, 9.17) is 27.9 Å². The van der Waals surface area contributed by atoms with Crippen LogP contribution in [0.5, 0.6) is 0 Å². The van der Waals surface area contributed by atoms with Crippen LogP contribution in [-0.2, 0) is 19.6 Å². The van der Waals surface area contributed by atoms with E-state index in [0.29, 0.717) is 5.69 Å². The van der Waals surface area contributed by atoms with Crippen molar-refractivity contribution in [2.75, 3.05) is 10.8 Å². The van der Waals surface area contributed by atoms with Gasteiger partial charge in [0, 0.05) is 4.47 Å². The van der Waals surface area contributed by atoms with Crippen molar-refractivity contribution >= 4 is 60.8 Å². The van der Waals surface area contributed by atoms with E-state index < -0.39 is 22.5 Å². The van der Waals surface area contributed by atoms with Crippen LogP contribution in [0.3, 0.4) is 0 Å². The monoisotopic (exact) mass is 479 g/mol. The predicted molar refractivity (Wildman–Crippen MR) is 106 cm³/mol. The largest absolute Gasteiger partial charge is 0.462 e. The number of hydrogen-bond donors (Lipinski definition) is 0. The maximum atomic E-state index is 13.1. The van der Waals surface area contributed by atoms with Gasteiger partial charge in [-0.05, 0) is 56.3 Å². The van der Waals surface area contributed by atoms with Gasteiger partial charge in [-0.3, -0.25) is 9.10 Å². The van der Waals surface area contributed by atoms with Gasteiger partial charge < -0.3 is 4.74 Å². The number of anilines is 1. The van der Waals surface area contributed by atoms with Gasteiger partial charge in [0.25, 0.3) is 10.0 Å². The van der Waals surface area contributed by atoms with Crippen molar-refractivity contribution in [1.82, 2.24) is 0 Å². The molecule has 0 heterocycles. The lowest BCUT2D eigenvalue weighted by atomic mass is 10.3. The molecule has 0 radical (unpaired) electrons. The number of ether oxygens (including phenoxy) is 1. The van der Waals surface area contributed by atoms with E-state index in [2.05, 4.69) is 15.9 Å². The summed E-state index contributed by atoms with van der Waals surface area (Å²) in [6, 6.07) is 10.5. The van der Waals surface area contributed by atoms with E-state index >= 15 is 0 Å². The number of hydrogen-bond acceptors (Lipinski definition) is 4. The summed E-state index contributed by atoms with van der Waals surface area (Å²) in [6.45, 7) is 2.91. The minimum atomic E-state index is -4.06. The first kappa shape index (κ1) is 21.0. The van der Waals surface area contributed by atoms with Crippen LogP contribution in [0.25, 0.3) is 0 Å². The SMILES string of the molecule is CC(C)OC(=O)CN(c1ccc(Br)cc1)S(=O)(=O)c1ccc(Cl)c(Cl)c1. The molecule has 0 amide bonds. The third kappa shape index (κ3) is 5.13. The zero-order valence-corrected chi connectivity index (χ0v) is 17.9. The van der Waals surface area contributed by atoms with E-state index in [1.165, 1.54) is 18.2 Å². The highest BCUT2D eigenvalue weighted by atomic mass is 79.9. The Morgan fingerprint density at radius 1 is 1.12 bits per heavy atom. The summed E-state index contributed by atoms with van der Waals surface area (Å²) in [7, 11) is -4.06. The van der Waals surface area contributed by atoms with Gasteiger partial charge in [-0.25, -0.2) is 8.42 Å². The lowest BCUT2D eigenvalue weighted by Gasteiger charge is -2.24. The number of benzene rings is 2. The Labute approximate surface area is 171 Å². The molecule has 0 aliphatic rings. The van der Waals surface area contributed by atoms with Gasteiger partial charge >= 0.3 is 5.97 Å². The van der Waals surface area contributed by atoms with E-state index in [1.54, 1.807) is 38.1 Å². The molecule has 0 aliphatic carbocycles. The Balaban J connectivity index is 2.48. The van der Waals surface area contributed by atoms with Crippen LogP contribution in [0.15, 0.2) is 51.8 Å². The Kier molecular flexibility index (Phi) is 6.96. The van der Waals surface area contributed by atoms with E-state index in [-0.39, 0.29) is 21.0 Å². The molecule has 140 valence electrons. The van der Waals surface area contributed by atoms with Crippen LogP contribution in [0.4, 0.5) is 5.69 Å². The van der Waals surface area contributed by atoms with E-state index in [1.807, 2.05) is 0 Å². The number of sulfonamides is 1. The van der Waals surface area contributed by atoms with Gasteiger partial charge in [-0.1, -0.05) is 39.1 Å². The van der Waals surface area contributed by atoms with Crippen LogP contribution in [-0.4, -0.2) is 27.0 Å². The number of halogens is 3. The van der Waals surface area contributed by atoms with Gasteiger partial charge in [-0.15, -0.1) is 0 Å². The maximum Gasteiger partial charge on any atom is 0.327 e. The minimum Gasteiger partial charge on any atom is -0.462 e. The average Bonchev–Trinajstić information content (AvgIpc) is 2.55. The molecule has 0 fully saturated rings. The average molecular weight is 481 g/mol. The minimum absolute atomic E-state index is 0.0767. The van der Waals surface area contributed by atoms with Gasteiger partial charge in [0.2, 0.25) is 0 Å². The molecule has 0 aromatic heterocycles. The molecule has 2 aromatic rings. The smallest absolute Gasteiger partial charge is 0.327 e. The molecule has 5 nitrogen and oxygen atoms in total. The second-order valence-corrected chi connectivity index (χ2v) is 9.20. The summed E-state index contributed by atoms with van der Waals surface area (Å²) >= 11 is 15.1. The molecule has 0 spiro atoms. The molecule has 0 N–H and O–H groups in total. The summed E-state index contributed by atoms with van der Waals surface area (Å²) in [6.07, 6.45) is -0.359. The lowest BCUT2D eigenvalue weighted by Crippen LogP contribution is -2.37. The number of carbonyl (C=O) groups is 1. The molecule has 0 aliphatic heterocycles. The van der Waals surface area contributed by atoms with Crippen molar-refractivity contribution in [3.8, 4) is 0 Å². The van der Waals surface area contributed by atoms with Crippen molar-refractivity contribution < 1.29 is 17.9 Å². The second kappa shape index (κ2) is 8.61. The summed E-state index contributed by atoms with van der Waals surface area (Å²) < 4.78 is 33.1. The Morgan fingerprint density at radius 3 is 2.27 bits per heavy atom. The van der Waals surface area contributed by atoms with E-state index in [0.717, 1.165) is 8.78 Å². The quantitative estimate of drug-likeness (QED) is 0.551. The van der Waals surface area contributed by atoms with Crippen molar-refractivity contribution in [2.24, 2.45) is 0 Å². The lowest BCUT2D eigenvalue weighted by molar-refractivity contribution is -0.145. The third-order valence-corrected chi connectivity index (χ3v) is 6.27. The molecule has 0 bridgehead atoms. The summed E-state index contributed by atoms with van der Waals surface area (Å²) in [5.74, 6) is -0.661. The number of rotatable bonds is 6. The van der Waals surface area contributed by atoms with Crippen LogP contribution < -0.4 is 4.31 Å². The number of esters is 1. The number of nitrogens with zero attached hydrogens (tertiary/aromatic N) is 1. The third-order valence-electron chi connectivity index (χ3n) is 3.23. The molecule has 2 aromatic carbocycles. The highest BCUT2D eigenvalue weighted by Gasteiger charge is 2.28. The molecule has 2 rings (SSSR count). The van der Waals surface area contributed by atoms with Crippen LogP contribution in [0, 0.1) is 0 Å². The summed E-state index contributed by atoms with van der Waals surface area (Å²) in [4.78, 5) is 12.0. The van der Waals surface area contributed by atoms with Crippen molar-refractivity contribution in [1.29, 1.82) is 0 Å². The molecule has 0 saturated carbocycles. The zero-order valence-electron chi connectivity index (χ0n) is 13.9. The first-order valence-electron chi connectivity index (χ1n) is 7.54. The Morgan fingerprint density at radius 2 is 1.73 bits per heavy atom.